The molecule has 4 aromatic rings. The summed E-state index contributed by atoms with van der Waals surface area (Å²) in [6, 6.07) is 15.5. The van der Waals surface area contributed by atoms with Crippen molar-refractivity contribution >= 4 is 44.4 Å². The molecule has 0 aliphatic carbocycles. The number of hydrogen-bond acceptors (Lipinski definition) is 7. The summed E-state index contributed by atoms with van der Waals surface area (Å²) in [6.45, 7) is 6.85. The number of ether oxygens (including phenoxy) is 1. The average Bonchev–Trinajstić information content (AvgIpc) is 3.36. The van der Waals surface area contributed by atoms with Gasteiger partial charge in [-0.25, -0.2) is 4.98 Å². The first-order valence-electron chi connectivity index (χ1n) is 9.74. The number of para-hydroxylation sites is 2. The number of thiazole rings is 1. The van der Waals surface area contributed by atoms with Gasteiger partial charge in [-0.1, -0.05) is 53.4 Å². The maximum atomic E-state index is 12.5. The van der Waals surface area contributed by atoms with Gasteiger partial charge >= 0.3 is 0 Å². The van der Waals surface area contributed by atoms with E-state index >= 15 is 0 Å². The highest BCUT2D eigenvalue weighted by molar-refractivity contribution is 7.99. The Kier molecular flexibility index (Phi) is 6.63. The molecule has 0 fully saturated rings. The third kappa shape index (κ3) is 4.78. The largest absolute Gasteiger partial charge is 0.493 e. The summed E-state index contributed by atoms with van der Waals surface area (Å²) in [6.07, 6.45) is 1.78. The number of nitrogens with one attached hydrogen (secondary N) is 1. The van der Waals surface area contributed by atoms with Crippen molar-refractivity contribution < 1.29 is 9.53 Å². The van der Waals surface area contributed by atoms with E-state index in [1.807, 2.05) is 60.0 Å². The van der Waals surface area contributed by atoms with Crippen LogP contribution in [0.1, 0.15) is 6.92 Å². The first kappa shape index (κ1) is 21.1. The molecule has 2 aromatic heterocycles. The van der Waals surface area contributed by atoms with Gasteiger partial charge in [-0.3, -0.25) is 9.36 Å². The number of thioether (sulfide) groups is 1. The van der Waals surface area contributed by atoms with Crippen molar-refractivity contribution in [3.8, 4) is 17.1 Å². The van der Waals surface area contributed by atoms with Crippen molar-refractivity contribution in [3.05, 3.63) is 61.2 Å². The highest BCUT2D eigenvalue weighted by Gasteiger charge is 2.18. The summed E-state index contributed by atoms with van der Waals surface area (Å²) in [5.74, 6) is 1.47. The minimum Gasteiger partial charge on any atom is -0.493 e. The van der Waals surface area contributed by atoms with E-state index in [1.54, 1.807) is 6.08 Å². The SMILES string of the molecule is C=CCn1c(SCC(=O)Nc2nc3ccccc3s2)nnc1-c1ccccc1OCC. The Balaban J connectivity index is 1.49. The van der Waals surface area contributed by atoms with Crippen molar-refractivity contribution in [3.63, 3.8) is 0 Å². The predicted molar refractivity (Wildman–Crippen MR) is 126 cm³/mol. The Morgan fingerprint density at radius 1 is 1.23 bits per heavy atom. The highest BCUT2D eigenvalue weighted by Crippen LogP contribution is 2.31. The van der Waals surface area contributed by atoms with Gasteiger partial charge < -0.3 is 10.1 Å². The Morgan fingerprint density at radius 2 is 2.03 bits per heavy atom. The Hall–Kier alpha value is -3.17. The normalized spacial score (nSPS) is 10.9. The molecule has 4 rings (SSSR count). The predicted octanol–water partition coefficient (Wildman–Crippen LogP) is 4.87. The van der Waals surface area contributed by atoms with Crippen LogP contribution in [0.4, 0.5) is 5.13 Å². The maximum absolute atomic E-state index is 12.5. The molecule has 0 bridgehead atoms. The number of allylic oxidation sites excluding steroid dienone is 1. The van der Waals surface area contributed by atoms with Crippen molar-refractivity contribution in [1.82, 2.24) is 19.7 Å². The van der Waals surface area contributed by atoms with Crippen LogP contribution in [0.15, 0.2) is 66.3 Å². The molecular weight excluding hydrogens is 430 g/mol. The molecule has 0 spiro atoms. The van der Waals surface area contributed by atoms with Gasteiger partial charge in [0, 0.05) is 6.54 Å². The van der Waals surface area contributed by atoms with Gasteiger partial charge in [0.25, 0.3) is 0 Å². The lowest BCUT2D eigenvalue weighted by atomic mass is 10.2. The monoisotopic (exact) mass is 451 g/mol. The zero-order valence-corrected chi connectivity index (χ0v) is 18.6. The minimum absolute atomic E-state index is 0.145. The van der Waals surface area contributed by atoms with Crippen molar-refractivity contribution in [1.29, 1.82) is 0 Å². The van der Waals surface area contributed by atoms with Crippen LogP contribution in [0.5, 0.6) is 5.75 Å². The third-order valence-electron chi connectivity index (χ3n) is 4.33. The molecule has 1 N–H and O–H groups in total. The first-order chi connectivity index (χ1) is 15.2. The van der Waals surface area contributed by atoms with Gasteiger partial charge in [0.2, 0.25) is 5.91 Å². The van der Waals surface area contributed by atoms with E-state index in [-0.39, 0.29) is 11.7 Å². The summed E-state index contributed by atoms with van der Waals surface area (Å²) in [4.78, 5) is 16.9. The van der Waals surface area contributed by atoms with Gasteiger partial charge in [-0.05, 0) is 31.2 Å². The number of rotatable bonds is 9. The quantitative estimate of drug-likeness (QED) is 0.289. The summed E-state index contributed by atoms with van der Waals surface area (Å²) in [7, 11) is 0. The van der Waals surface area contributed by atoms with Gasteiger partial charge in [-0.15, -0.1) is 16.8 Å². The number of amides is 1. The fourth-order valence-electron chi connectivity index (χ4n) is 3.03. The lowest BCUT2D eigenvalue weighted by Crippen LogP contribution is -2.14. The lowest BCUT2D eigenvalue weighted by Gasteiger charge is -2.11. The number of aromatic nitrogens is 4. The maximum Gasteiger partial charge on any atom is 0.236 e. The van der Waals surface area contributed by atoms with Gasteiger partial charge in [-0.2, -0.15) is 0 Å². The molecule has 2 heterocycles. The van der Waals surface area contributed by atoms with Crippen LogP contribution in [-0.2, 0) is 11.3 Å². The third-order valence-corrected chi connectivity index (χ3v) is 6.25. The van der Waals surface area contributed by atoms with Gasteiger partial charge in [0.1, 0.15) is 5.75 Å². The van der Waals surface area contributed by atoms with Crippen molar-refractivity contribution in [2.45, 2.75) is 18.6 Å². The molecule has 0 radical (unpaired) electrons. The average molecular weight is 452 g/mol. The topological polar surface area (TPSA) is 81.9 Å². The lowest BCUT2D eigenvalue weighted by molar-refractivity contribution is -0.113. The molecule has 0 saturated heterocycles. The number of anilines is 1. The van der Waals surface area contributed by atoms with Gasteiger partial charge in [0.05, 0.1) is 28.1 Å². The van der Waals surface area contributed by atoms with Crippen LogP contribution >= 0.6 is 23.1 Å². The summed E-state index contributed by atoms with van der Waals surface area (Å²) in [5.41, 5.74) is 1.73. The molecule has 0 unspecified atom stereocenters. The smallest absolute Gasteiger partial charge is 0.236 e. The van der Waals surface area contributed by atoms with Crippen LogP contribution in [0.3, 0.4) is 0 Å². The van der Waals surface area contributed by atoms with Crippen molar-refractivity contribution in [2.75, 3.05) is 17.7 Å². The van der Waals surface area contributed by atoms with Crippen LogP contribution in [0.2, 0.25) is 0 Å². The second kappa shape index (κ2) is 9.76. The molecule has 31 heavy (non-hydrogen) atoms. The number of carbonyl (C=O) groups excluding carboxylic acids is 1. The number of nitrogens with zero attached hydrogens (tertiary/aromatic N) is 4. The Labute approximate surface area is 188 Å². The van der Waals surface area contributed by atoms with E-state index in [0.29, 0.717) is 29.3 Å². The zero-order valence-electron chi connectivity index (χ0n) is 16.9. The standard InChI is InChI=1S/C22H21N5O2S2/c1-3-13-27-20(15-9-5-7-11-17(15)29-4-2)25-26-22(27)30-14-19(28)24-21-23-16-10-6-8-12-18(16)31-21/h3,5-12H,1,4,13-14H2,2H3,(H,23,24,28). The number of carbonyl (C=O) groups is 1. The van der Waals surface area contributed by atoms with E-state index in [2.05, 4.69) is 27.1 Å². The molecule has 158 valence electrons. The first-order valence-corrected chi connectivity index (χ1v) is 11.5. The van der Waals surface area contributed by atoms with E-state index in [1.165, 1.54) is 23.1 Å². The fraction of sp³-hybridized carbons (Fsp3) is 0.182. The molecule has 9 heteroatoms. The van der Waals surface area contributed by atoms with Crippen LogP contribution in [0.25, 0.3) is 21.6 Å². The number of fused-ring (bicyclic) bond motifs is 1. The molecule has 0 atom stereocenters. The van der Waals surface area contributed by atoms with Crippen LogP contribution in [0, 0.1) is 0 Å². The number of hydrogen-bond donors (Lipinski definition) is 1. The van der Waals surface area contributed by atoms with Crippen LogP contribution < -0.4 is 10.1 Å². The minimum atomic E-state index is -0.145. The van der Waals surface area contributed by atoms with E-state index < -0.39 is 0 Å². The Morgan fingerprint density at radius 3 is 2.84 bits per heavy atom. The summed E-state index contributed by atoms with van der Waals surface area (Å²) in [5, 5.41) is 12.8. The molecular formula is C22H21N5O2S2. The van der Waals surface area contributed by atoms with E-state index in [0.717, 1.165) is 21.5 Å². The highest BCUT2D eigenvalue weighted by atomic mass is 32.2. The van der Waals surface area contributed by atoms with Crippen LogP contribution in [-0.4, -0.2) is 38.0 Å². The van der Waals surface area contributed by atoms with Crippen molar-refractivity contribution in [2.24, 2.45) is 0 Å². The summed E-state index contributed by atoms with van der Waals surface area (Å²) >= 11 is 2.78. The fourth-order valence-corrected chi connectivity index (χ4v) is 4.66. The van der Waals surface area contributed by atoms with E-state index in [9.17, 15) is 4.79 Å². The van der Waals surface area contributed by atoms with E-state index in [4.69, 9.17) is 4.74 Å². The summed E-state index contributed by atoms with van der Waals surface area (Å²) < 4.78 is 8.71. The molecule has 1 amide bonds. The molecule has 0 aliphatic rings. The Bertz CT molecular complexity index is 1180. The number of benzene rings is 2. The molecule has 0 saturated carbocycles. The molecule has 0 aliphatic heterocycles. The molecule has 7 nitrogen and oxygen atoms in total. The molecule has 2 aromatic carbocycles. The second-order valence-electron chi connectivity index (χ2n) is 6.46. The second-order valence-corrected chi connectivity index (χ2v) is 8.43. The zero-order chi connectivity index (χ0) is 21.6. The van der Waals surface area contributed by atoms with Gasteiger partial charge in [0.15, 0.2) is 16.1 Å².